The molecule has 4 nitrogen and oxygen atoms in total. The smallest absolute Gasteiger partial charge is 0.163 e. The van der Waals surface area contributed by atoms with Gasteiger partial charge >= 0.3 is 0 Å². The van der Waals surface area contributed by atoms with Crippen LogP contribution >= 0.6 is 0 Å². The van der Waals surface area contributed by atoms with Gasteiger partial charge in [-0.3, -0.25) is 9.78 Å². The molecule has 0 bridgehead atoms. The Labute approximate surface area is 124 Å². The third-order valence-electron chi connectivity index (χ3n) is 3.86. The van der Waals surface area contributed by atoms with Crippen molar-refractivity contribution in [3.63, 3.8) is 0 Å². The van der Waals surface area contributed by atoms with Gasteiger partial charge in [0, 0.05) is 24.7 Å². The molecule has 108 valence electrons. The molecular formula is C17H18N2O2. The van der Waals surface area contributed by atoms with Crippen molar-refractivity contribution in [1.29, 1.82) is 0 Å². The summed E-state index contributed by atoms with van der Waals surface area (Å²) in [4.78, 5) is 16.6. The second-order valence-corrected chi connectivity index (χ2v) is 5.24. The lowest BCUT2D eigenvalue weighted by Crippen LogP contribution is -2.17. The number of aromatic nitrogens is 1. The third-order valence-corrected chi connectivity index (χ3v) is 3.86. The number of pyridine rings is 1. The number of rotatable bonds is 4. The van der Waals surface area contributed by atoms with E-state index in [-0.39, 0.29) is 11.7 Å². The molecule has 0 fully saturated rings. The van der Waals surface area contributed by atoms with Crippen molar-refractivity contribution in [2.75, 3.05) is 6.61 Å². The molecule has 0 aliphatic carbocycles. The number of ether oxygens (including phenoxy) is 1. The van der Waals surface area contributed by atoms with Gasteiger partial charge in [0.1, 0.15) is 5.75 Å². The summed E-state index contributed by atoms with van der Waals surface area (Å²) in [5.41, 5.74) is 8.14. The normalized spacial score (nSPS) is 16.9. The molecule has 1 aliphatic heterocycles. The summed E-state index contributed by atoms with van der Waals surface area (Å²) in [7, 11) is 0. The van der Waals surface area contributed by atoms with Crippen LogP contribution in [0.1, 0.15) is 40.4 Å². The maximum atomic E-state index is 12.5. The fraction of sp³-hybridized carbons (Fsp3) is 0.294. The summed E-state index contributed by atoms with van der Waals surface area (Å²) in [5, 5.41) is 0. The van der Waals surface area contributed by atoms with Crippen LogP contribution in [0.2, 0.25) is 0 Å². The van der Waals surface area contributed by atoms with Crippen LogP contribution in [-0.2, 0) is 6.54 Å². The van der Waals surface area contributed by atoms with Crippen molar-refractivity contribution < 1.29 is 9.53 Å². The standard InChI is InChI=1S/C17H18N2O2/c18-11-14-9-13(5-7-19-14)16(20)10-12-6-8-21-17-4-2-1-3-15(12)17/h1-5,7,9,12H,6,8,10-11,18H2. The van der Waals surface area contributed by atoms with Crippen molar-refractivity contribution in [2.24, 2.45) is 5.73 Å². The Hall–Kier alpha value is -2.20. The van der Waals surface area contributed by atoms with E-state index in [4.69, 9.17) is 10.5 Å². The summed E-state index contributed by atoms with van der Waals surface area (Å²) < 4.78 is 5.64. The maximum absolute atomic E-state index is 12.5. The van der Waals surface area contributed by atoms with E-state index in [2.05, 4.69) is 4.98 Å². The number of Topliss-reactive ketones (excluding diaryl/α,β-unsaturated/α-hetero) is 1. The van der Waals surface area contributed by atoms with Crippen molar-refractivity contribution in [2.45, 2.75) is 25.3 Å². The number of carbonyl (C=O) groups is 1. The third kappa shape index (κ3) is 2.95. The van der Waals surface area contributed by atoms with Crippen molar-refractivity contribution in [3.05, 3.63) is 59.4 Å². The Balaban J connectivity index is 1.79. The van der Waals surface area contributed by atoms with E-state index in [0.29, 0.717) is 25.1 Å². The van der Waals surface area contributed by atoms with Crippen LogP contribution in [0, 0.1) is 0 Å². The van der Waals surface area contributed by atoms with E-state index >= 15 is 0 Å². The fourth-order valence-electron chi connectivity index (χ4n) is 2.73. The van der Waals surface area contributed by atoms with Crippen LogP contribution < -0.4 is 10.5 Å². The molecule has 0 saturated heterocycles. The number of ketones is 1. The minimum Gasteiger partial charge on any atom is -0.493 e. The van der Waals surface area contributed by atoms with E-state index in [0.717, 1.165) is 23.4 Å². The Morgan fingerprint density at radius 2 is 2.19 bits per heavy atom. The van der Waals surface area contributed by atoms with E-state index in [1.165, 1.54) is 0 Å². The van der Waals surface area contributed by atoms with Gasteiger partial charge in [-0.05, 0) is 36.1 Å². The molecule has 1 aliphatic rings. The molecule has 2 N–H and O–H groups in total. The van der Waals surface area contributed by atoms with Gasteiger partial charge in [-0.25, -0.2) is 0 Å². The predicted molar refractivity (Wildman–Crippen MR) is 80.4 cm³/mol. The number of benzene rings is 1. The summed E-state index contributed by atoms with van der Waals surface area (Å²) in [6.07, 6.45) is 3.01. The number of fused-ring (bicyclic) bond motifs is 1. The highest BCUT2D eigenvalue weighted by atomic mass is 16.5. The highest BCUT2D eigenvalue weighted by Crippen LogP contribution is 2.36. The molecule has 0 amide bonds. The zero-order valence-electron chi connectivity index (χ0n) is 11.8. The van der Waals surface area contributed by atoms with Crippen molar-refractivity contribution >= 4 is 5.78 Å². The van der Waals surface area contributed by atoms with Crippen molar-refractivity contribution in [1.82, 2.24) is 4.98 Å². The topological polar surface area (TPSA) is 65.2 Å². The lowest BCUT2D eigenvalue weighted by atomic mass is 9.87. The van der Waals surface area contributed by atoms with Gasteiger partial charge < -0.3 is 10.5 Å². The van der Waals surface area contributed by atoms with Gasteiger partial charge in [-0.2, -0.15) is 0 Å². The summed E-state index contributed by atoms with van der Waals surface area (Å²) in [6, 6.07) is 11.5. The first kappa shape index (κ1) is 13.8. The number of hydrogen-bond acceptors (Lipinski definition) is 4. The van der Waals surface area contributed by atoms with Crippen LogP contribution in [0.15, 0.2) is 42.6 Å². The zero-order valence-corrected chi connectivity index (χ0v) is 11.8. The number of nitrogens with zero attached hydrogens (tertiary/aromatic N) is 1. The largest absolute Gasteiger partial charge is 0.493 e. The molecule has 1 aromatic heterocycles. The maximum Gasteiger partial charge on any atom is 0.163 e. The van der Waals surface area contributed by atoms with Crippen LogP contribution in [0.5, 0.6) is 5.75 Å². The number of para-hydroxylation sites is 1. The minimum atomic E-state index is 0.133. The van der Waals surface area contributed by atoms with E-state index in [1.807, 2.05) is 24.3 Å². The van der Waals surface area contributed by atoms with Crippen LogP contribution in [-0.4, -0.2) is 17.4 Å². The zero-order chi connectivity index (χ0) is 14.7. The highest BCUT2D eigenvalue weighted by molar-refractivity contribution is 5.96. The molecule has 2 heterocycles. The summed E-state index contributed by atoms with van der Waals surface area (Å²) >= 11 is 0. The quantitative estimate of drug-likeness (QED) is 0.876. The van der Waals surface area contributed by atoms with Gasteiger partial charge in [0.25, 0.3) is 0 Å². The average molecular weight is 282 g/mol. The Kier molecular flexibility index (Phi) is 3.97. The van der Waals surface area contributed by atoms with Gasteiger partial charge in [0.05, 0.1) is 12.3 Å². The molecule has 0 spiro atoms. The number of nitrogens with two attached hydrogens (primary N) is 1. The molecule has 3 rings (SSSR count). The SMILES string of the molecule is NCc1cc(C(=O)CC2CCOc3ccccc32)ccn1. The van der Waals surface area contributed by atoms with Gasteiger partial charge in [0.15, 0.2) is 5.78 Å². The first-order valence-corrected chi connectivity index (χ1v) is 7.18. The fourth-order valence-corrected chi connectivity index (χ4v) is 2.73. The first-order valence-electron chi connectivity index (χ1n) is 7.18. The first-order chi connectivity index (χ1) is 10.3. The van der Waals surface area contributed by atoms with Gasteiger partial charge in [0.2, 0.25) is 0 Å². The van der Waals surface area contributed by atoms with E-state index in [9.17, 15) is 4.79 Å². The Bertz CT molecular complexity index is 655. The molecule has 1 unspecified atom stereocenters. The monoisotopic (exact) mass is 282 g/mol. The van der Waals surface area contributed by atoms with E-state index < -0.39 is 0 Å². The lowest BCUT2D eigenvalue weighted by molar-refractivity contribution is 0.0965. The number of carbonyl (C=O) groups excluding carboxylic acids is 1. The minimum absolute atomic E-state index is 0.133. The lowest BCUT2D eigenvalue weighted by Gasteiger charge is -2.25. The Morgan fingerprint density at radius 1 is 1.33 bits per heavy atom. The van der Waals surface area contributed by atoms with Crippen LogP contribution in [0.3, 0.4) is 0 Å². The molecule has 0 saturated carbocycles. The van der Waals surface area contributed by atoms with Gasteiger partial charge in [-0.15, -0.1) is 0 Å². The summed E-state index contributed by atoms with van der Waals surface area (Å²) in [6.45, 7) is 1.01. The Morgan fingerprint density at radius 3 is 3.05 bits per heavy atom. The molecule has 0 radical (unpaired) electrons. The predicted octanol–water partition coefficient (Wildman–Crippen LogP) is 2.68. The highest BCUT2D eigenvalue weighted by Gasteiger charge is 2.24. The average Bonchev–Trinajstić information content (AvgIpc) is 2.55. The second kappa shape index (κ2) is 6.06. The van der Waals surface area contributed by atoms with Crippen molar-refractivity contribution in [3.8, 4) is 5.75 Å². The number of hydrogen-bond donors (Lipinski definition) is 1. The molecule has 4 heteroatoms. The van der Waals surface area contributed by atoms with Crippen LogP contribution in [0.4, 0.5) is 0 Å². The van der Waals surface area contributed by atoms with Crippen LogP contribution in [0.25, 0.3) is 0 Å². The molecule has 21 heavy (non-hydrogen) atoms. The molecule has 2 aromatic rings. The van der Waals surface area contributed by atoms with Gasteiger partial charge in [-0.1, -0.05) is 18.2 Å². The second-order valence-electron chi connectivity index (χ2n) is 5.24. The molecular weight excluding hydrogens is 264 g/mol. The van der Waals surface area contributed by atoms with E-state index in [1.54, 1.807) is 18.3 Å². The molecule has 1 atom stereocenters. The molecule has 1 aromatic carbocycles. The summed E-state index contributed by atoms with van der Waals surface area (Å²) in [5.74, 6) is 1.25.